The van der Waals surface area contributed by atoms with Crippen molar-refractivity contribution in [3.63, 3.8) is 0 Å². The molecule has 0 aliphatic rings. The first kappa shape index (κ1) is 11.7. The molecule has 1 aromatic heterocycles. The smallest absolute Gasteiger partial charge is 0.310 e. The summed E-state index contributed by atoms with van der Waals surface area (Å²) in [5.74, 6) is -1.25. The van der Waals surface area contributed by atoms with E-state index in [0.29, 0.717) is 0 Å². The summed E-state index contributed by atoms with van der Waals surface area (Å²) in [6.45, 7) is 5.35. The number of carbonyl (C=O) groups is 1. The van der Waals surface area contributed by atoms with Gasteiger partial charge in [-0.3, -0.25) is 4.79 Å². The summed E-state index contributed by atoms with van der Waals surface area (Å²) in [5, 5.41) is 21.3. The molecule has 1 heterocycles. The summed E-state index contributed by atoms with van der Waals surface area (Å²) in [6, 6.07) is 3.24. The van der Waals surface area contributed by atoms with Crippen LogP contribution in [0.2, 0.25) is 0 Å². The van der Waals surface area contributed by atoms with Gasteiger partial charge in [0.25, 0.3) is 0 Å². The first-order valence-corrected chi connectivity index (χ1v) is 6.02. The zero-order chi connectivity index (χ0) is 12.6. The van der Waals surface area contributed by atoms with E-state index in [1.807, 2.05) is 5.38 Å². The Morgan fingerprint density at radius 2 is 2.24 bits per heavy atom. The predicted octanol–water partition coefficient (Wildman–Crippen LogP) is 3.44. The second-order valence-electron chi connectivity index (χ2n) is 3.86. The van der Waals surface area contributed by atoms with Crippen LogP contribution in [0.15, 0.2) is 24.1 Å². The lowest BCUT2D eigenvalue weighted by Gasteiger charge is -2.07. The van der Waals surface area contributed by atoms with Gasteiger partial charge in [0.15, 0.2) is 0 Å². The lowest BCUT2D eigenvalue weighted by atomic mass is 9.97. The summed E-state index contributed by atoms with van der Waals surface area (Å²) in [6.07, 6.45) is 1.63. The molecule has 17 heavy (non-hydrogen) atoms. The number of aliphatic carboxylic acids is 1. The number of hydrogen-bond acceptors (Lipinski definition) is 3. The van der Waals surface area contributed by atoms with E-state index in [0.717, 1.165) is 21.2 Å². The molecule has 0 aliphatic heterocycles. The van der Waals surface area contributed by atoms with Crippen molar-refractivity contribution in [1.82, 2.24) is 0 Å². The highest BCUT2D eigenvalue weighted by molar-refractivity contribution is 7.17. The van der Waals surface area contributed by atoms with Gasteiger partial charge in [0.1, 0.15) is 5.75 Å². The third kappa shape index (κ3) is 1.91. The molecule has 4 heteroatoms. The fourth-order valence-electron chi connectivity index (χ4n) is 1.82. The summed E-state index contributed by atoms with van der Waals surface area (Å²) < 4.78 is 0.878. The Kier molecular flexibility index (Phi) is 2.90. The Balaban J connectivity index is 2.75. The molecule has 1 atom stereocenters. The van der Waals surface area contributed by atoms with Crippen LogP contribution in [-0.2, 0) is 4.79 Å². The molecule has 2 rings (SSSR count). The van der Waals surface area contributed by atoms with E-state index >= 15 is 0 Å². The van der Waals surface area contributed by atoms with E-state index in [9.17, 15) is 9.90 Å². The van der Waals surface area contributed by atoms with Crippen LogP contribution < -0.4 is 0 Å². The van der Waals surface area contributed by atoms with E-state index in [2.05, 4.69) is 6.58 Å². The Morgan fingerprint density at radius 3 is 2.82 bits per heavy atom. The molecule has 2 N–H and O–H groups in total. The van der Waals surface area contributed by atoms with Crippen molar-refractivity contribution in [2.75, 3.05) is 0 Å². The van der Waals surface area contributed by atoms with Gasteiger partial charge in [-0.1, -0.05) is 12.7 Å². The zero-order valence-electron chi connectivity index (χ0n) is 9.30. The quantitative estimate of drug-likeness (QED) is 0.874. The molecular formula is C13H12O3S. The molecule has 88 valence electrons. The maximum Gasteiger partial charge on any atom is 0.310 e. The highest BCUT2D eigenvalue weighted by Gasteiger charge is 2.19. The molecule has 0 saturated carbocycles. The van der Waals surface area contributed by atoms with Gasteiger partial charge in [-0.05, 0) is 35.6 Å². The van der Waals surface area contributed by atoms with Crippen molar-refractivity contribution < 1.29 is 15.0 Å². The monoisotopic (exact) mass is 248 g/mol. The number of benzene rings is 1. The number of phenols is 1. The minimum atomic E-state index is -0.854. The Bertz CT molecular complexity index is 598. The second-order valence-corrected chi connectivity index (χ2v) is 4.77. The zero-order valence-corrected chi connectivity index (χ0v) is 10.1. The van der Waals surface area contributed by atoms with Crippen molar-refractivity contribution in [3.05, 3.63) is 35.2 Å². The Hall–Kier alpha value is -1.81. The number of aromatic hydroxyl groups is 1. The maximum absolute atomic E-state index is 11.0. The van der Waals surface area contributed by atoms with Gasteiger partial charge in [0.05, 0.1) is 5.92 Å². The predicted molar refractivity (Wildman–Crippen MR) is 69.6 cm³/mol. The largest absolute Gasteiger partial charge is 0.508 e. The lowest BCUT2D eigenvalue weighted by molar-refractivity contribution is -0.138. The van der Waals surface area contributed by atoms with Crippen LogP contribution in [0, 0.1) is 0 Å². The summed E-state index contributed by atoms with van der Waals surface area (Å²) in [4.78, 5) is 11.0. The molecule has 0 spiro atoms. The van der Waals surface area contributed by atoms with Gasteiger partial charge >= 0.3 is 5.97 Å². The van der Waals surface area contributed by atoms with Crippen molar-refractivity contribution in [1.29, 1.82) is 0 Å². The average Bonchev–Trinajstić information content (AvgIpc) is 2.70. The van der Waals surface area contributed by atoms with E-state index in [4.69, 9.17) is 5.11 Å². The number of carboxylic acid groups (broad SMARTS) is 1. The van der Waals surface area contributed by atoms with Gasteiger partial charge < -0.3 is 10.2 Å². The molecule has 2 aromatic rings. The number of hydrogen-bond donors (Lipinski definition) is 2. The molecule has 0 bridgehead atoms. The minimum Gasteiger partial charge on any atom is -0.508 e. The summed E-state index contributed by atoms with van der Waals surface area (Å²) in [5.41, 5.74) is 1.54. The van der Waals surface area contributed by atoms with Crippen LogP contribution in [0.3, 0.4) is 0 Å². The van der Waals surface area contributed by atoms with Crippen molar-refractivity contribution >= 4 is 33.5 Å². The highest BCUT2D eigenvalue weighted by atomic mass is 32.1. The van der Waals surface area contributed by atoms with E-state index in [1.54, 1.807) is 25.1 Å². The molecule has 1 aromatic carbocycles. The SMILES string of the molecule is C=Cc1cc(O)cc2scc(C(C)C(=O)O)c12. The lowest BCUT2D eigenvalue weighted by Crippen LogP contribution is -2.06. The van der Waals surface area contributed by atoms with Gasteiger partial charge in [-0.2, -0.15) is 0 Å². The van der Waals surface area contributed by atoms with Crippen molar-refractivity contribution in [2.24, 2.45) is 0 Å². The van der Waals surface area contributed by atoms with E-state index < -0.39 is 11.9 Å². The fourth-order valence-corrected chi connectivity index (χ4v) is 2.94. The van der Waals surface area contributed by atoms with E-state index in [1.165, 1.54) is 11.3 Å². The van der Waals surface area contributed by atoms with Crippen LogP contribution in [0.4, 0.5) is 0 Å². The standard InChI is InChI=1S/C13H12O3S/c1-3-8-4-9(14)5-11-12(8)10(6-17-11)7(2)13(15)16/h3-7,14H,1H2,2H3,(H,15,16). The van der Waals surface area contributed by atoms with Gasteiger partial charge in [0, 0.05) is 10.1 Å². The second kappa shape index (κ2) is 4.22. The van der Waals surface area contributed by atoms with Crippen LogP contribution in [0.5, 0.6) is 5.75 Å². The molecule has 3 nitrogen and oxygen atoms in total. The highest BCUT2D eigenvalue weighted by Crippen LogP contribution is 2.36. The molecule has 0 saturated heterocycles. The molecule has 0 aliphatic carbocycles. The normalized spacial score (nSPS) is 12.5. The molecule has 0 fully saturated rings. The minimum absolute atomic E-state index is 0.170. The molecular weight excluding hydrogens is 236 g/mol. The number of carboxylic acids is 1. The van der Waals surface area contributed by atoms with Crippen LogP contribution in [-0.4, -0.2) is 16.2 Å². The molecule has 1 unspecified atom stereocenters. The Labute approximate surface area is 103 Å². The Morgan fingerprint density at radius 1 is 1.53 bits per heavy atom. The van der Waals surface area contributed by atoms with E-state index in [-0.39, 0.29) is 5.75 Å². The average molecular weight is 248 g/mol. The first-order valence-electron chi connectivity index (χ1n) is 5.14. The van der Waals surface area contributed by atoms with Gasteiger partial charge in [-0.25, -0.2) is 0 Å². The third-order valence-electron chi connectivity index (χ3n) is 2.78. The summed E-state index contributed by atoms with van der Waals surface area (Å²) >= 11 is 1.43. The van der Waals surface area contributed by atoms with Crippen molar-refractivity contribution in [2.45, 2.75) is 12.8 Å². The van der Waals surface area contributed by atoms with Gasteiger partial charge in [0.2, 0.25) is 0 Å². The first-order chi connectivity index (χ1) is 8.04. The van der Waals surface area contributed by atoms with Crippen LogP contribution >= 0.6 is 11.3 Å². The summed E-state index contributed by atoms with van der Waals surface area (Å²) in [7, 11) is 0. The fraction of sp³-hybridized carbons (Fsp3) is 0.154. The van der Waals surface area contributed by atoms with Gasteiger partial charge in [-0.15, -0.1) is 11.3 Å². The van der Waals surface area contributed by atoms with Crippen LogP contribution in [0.1, 0.15) is 24.0 Å². The number of phenolic OH excluding ortho intramolecular Hbond substituents is 1. The topological polar surface area (TPSA) is 57.5 Å². The molecule has 0 radical (unpaired) electrons. The third-order valence-corrected chi connectivity index (χ3v) is 3.72. The number of rotatable bonds is 3. The van der Waals surface area contributed by atoms with Crippen molar-refractivity contribution in [3.8, 4) is 5.75 Å². The molecule has 0 amide bonds. The number of fused-ring (bicyclic) bond motifs is 1. The van der Waals surface area contributed by atoms with Crippen LogP contribution in [0.25, 0.3) is 16.2 Å². The maximum atomic E-state index is 11.0. The number of thiophene rings is 1.